The van der Waals surface area contributed by atoms with E-state index >= 15 is 0 Å². The first-order chi connectivity index (χ1) is 8.06. The van der Waals surface area contributed by atoms with Crippen LogP contribution in [0.2, 0.25) is 0 Å². The number of hydrogen-bond donors (Lipinski definition) is 0. The van der Waals surface area contributed by atoms with Crippen LogP contribution >= 0.6 is 0 Å². The van der Waals surface area contributed by atoms with Crippen molar-refractivity contribution in [3.63, 3.8) is 0 Å². The molecule has 0 aromatic heterocycles. The van der Waals surface area contributed by atoms with E-state index in [1.165, 1.54) is 6.92 Å². The summed E-state index contributed by atoms with van der Waals surface area (Å²) in [7, 11) is 0. The number of rotatable bonds is 2. The Morgan fingerprint density at radius 2 is 1.94 bits per heavy atom. The summed E-state index contributed by atoms with van der Waals surface area (Å²) < 4.78 is 9.32. The molecule has 0 amide bonds. The topological polar surface area (TPSA) is 69.7 Å². The summed E-state index contributed by atoms with van der Waals surface area (Å²) >= 11 is 0. The van der Waals surface area contributed by atoms with E-state index in [1.54, 1.807) is 24.3 Å². The van der Waals surface area contributed by atoms with Crippen molar-refractivity contribution in [3.8, 4) is 5.75 Å². The molecule has 5 nitrogen and oxygen atoms in total. The molecule has 1 aromatic rings. The summed E-state index contributed by atoms with van der Waals surface area (Å²) in [6.07, 6.45) is 0.0613. The maximum Gasteiger partial charge on any atom is 0.321 e. The second-order valence-electron chi connectivity index (χ2n) is 3.71. The molecule has 1 aromatic carbocycles. The molecular weight excluding hydrogens is 224 g/mol. The molecule has 1 heterocycles. The van der Waals surface area contributed by atoms with E-state index in [9.17, 15) is 14.4 Å². The van der Waals surface area contributed by atoms with Crippen molar-refractivity contribution < 1.29 is 23.9 Å². The highest BCUT2D eigenvalue weighted by Gasteiger charge is 2.34. The predicted molar refractivity (Wildman–Crippen MR) is 56.2 cm³/mol. The number of esters is 3. The smallest absolute Gasteiger partial charge is 0.321 e. The molecule has 1 fully saturated rings. The number of hydrogen-bond acceptors (Lipinski definition) is 5. The van der Waals surface area contributed by atoms with Crippen LogP contribution in [0.3, 0.4) is 0 Å². The largest absolute Gasteiger partial charge is 0.427 e. The quantitative estimate of drug-likeness (QED) is 0.436. The van der Waals surface area contributed by atoms with Crippen LogP contribution in [0.4, 0.5) is 0 Å². The lowest BCUT2D eigenvalue weighted by molar-refractivity contribution is -0.152. The van der Waals surface area contributed by atoms with Gasteiger partial charge < -0.3 is 9.47 Å². The van der Waals surface area contributed by atoms with E-state index in [0.29, 0.717) is 11.3 Å². The fraction of sp³-hybridized carbons (Fsp3) is 0.250. The van der Waals surface area contributed by atoms with Gasteiger partial charge in [0.2, 0.25) is 0 Å². The van der Waals surface area contributed by atoms with Crippen LogP contribution < -0.4 is 4.74 Å². The number of carbonyl (C=O) groups is 3. The van der Waals surface area contributed by atoms with Crippen molar-refractivity contribution in [1.82, 2.24) is 0 Å². The highest BCUT2D eigenvalue weighted by molar-refractivity contribution is 5.97. The van der Waals surface area contributed by atoms with Gasteiger partial charge in [0.15, 0.2) is 0 Å². The molecule has 0 bridgehead atoms. The van der Waals surface area contributed by atoms with Crippen LogP contribution in [0.1, 0.15) is 24.8 Å². The molecule has 0 N–H and O–H groups in total. The van der Waals surface area contributed by atoms with Crippen LogP contribution in [-0.4, -0.2) is 17.9 Å². The second-order valence-corrected chi connectivity index (χ2v) is 3.71. The molecular formula is C12H10O5. The van der Waals surface area contributed by atoms with Crippen LogP contribution in [0.15, 0.2) is 24.3 Å². The van der Waals surface area contributed by atoms with Crippen molar-refractivity contribution >= 4 is 17.9 Å². The van der Waals surface area contributed by atoms with Gasteiger partial charge in [0.05, 0.1) is 12.3 Å². The first-order valence-electron chi connectivity index (χ1n) is 5.09. The monoisotopic (exact) mass is 234 g/mol. The average Bonchev–Trinajstić information content (AvgIpc) is 2.58. The van der Waals surface area contributed by atoms with Gasteiger partial charge in [-0.1, -0.05) is 12.1 Å². The minimum atomic E-state index is -0.547. The minimum Gasteiger partial charge on any atom is -0.427 e. The third-order valence-corrected chi connectivity index (χ3v) is 2.41. The molecule has 17 heavy (non-hydrogen) atoms. The van der Waals surface area contributed by atoms with Crippen LogP contribution in [0, 0.1) is 0 Å². The average molecular weight is 234 g/mol. The zero-order valence-electron chi connectivity index (χ0n) is 9.14. The number of carbonyl (C=O) groups excluding carboxylic acids is 3. The Bertz CT molecular complexity index is 474. The van der Waals surface area contributed by atoms with Gasteiger partial charge in [0, 0.05) is 6.92 Å². The van der Waals surface area contributed by atoms with Gasteiger partial charge in [-0.15, -0.1) is 0 Å². The molecule has 0 saturated carbocycles. The van der Waals surface area contributed by atoms with Crippen LogP contribution in [0.25, 0.3) is 0 Å². The molecule has 2 rings (SSSR count). The van der Waals surface area contributed by atoms with Gasteiger partial charge in [-0.2, -0.15) is 0 Å². The molecule has 0 radical (unpaired) electrons. The van der Waals surface area contributed by atoms with Crippen LogP contribution in [0.5, 0.6) is 5.75 Å². The Labute approximate surface area is 97.3 Å². The molecule has 1 unspecified atom stereocenters. The van der Waals surface area contributed by atoms with Crippen LogP contribution in [-0.2, 0) is 19.1 Å². The molecule has 88 valence electrons. The third kappa shape index (κ3) is 2.50. The lowest BCUT2D eigenvalue weighted by atomic mass is 9.98. The first-order valence-corrected chi connectivity index (χ1v) is 5.09. The number of ether oxygens (including phenoxy) is 2. The fourth-order valence-corrected chi connectivity index (χ4v) is 1.66. The standard InChI is InChI=1S/C12H10O5/c1-7(13)16-9-4-2-8(3-5-9)10-6-11(14)17-12(10)15/h2-5,10H,6H2,1H3. The summed E-state index contributed by atoms with van der Waals surface area (Å²) in [6.45, 7) is 1.31. The van der Waals surface area contributed by atoms with Crippen molar-refractivity contribution in [2.75, 3.05) is 0 Å². The maximum absolute atomic E-state index is 11.3. The fourth-order valence-electron chi connectivity index (χ4n) is 1.66. The van der Waals surface area contributed by atoms with Crippen molar-refractivity contribution in [2.24, 2.45) is 0 Å². The Balaban J connectivity index is 2.15. The summed E-state index contributed by atoms with van der Waals surface area (Å²) in [6, 6.07) is 6.44. The Hall–Kier alpha value is -2.17. The summed E-state index contributed by atoms with van der Waals surface area (Å²) in [5.74, 6) is -1.60. The molecule has 1 atom stereocenters. The molecule has 5 heteroatoms. The van der Waals surface area contributed by atoms with Crippen molar-refractivity contribution in [2.45, 2.75) is 19.3 Å². The van der Waals surface area contributed by atoms with E-state index in [2.05, 4.69) is 4.74 Å². The molecule has 0 spiro atoms. The van der Waals surface area contributed by atoms with Gasteiger partial charge in [-0.05, 0) is 17.7 Å². The Morgan fingerprint density at radius 3 is 2.41 bits per heavy atom. The van der Waals surface area contributed by atoms with Gasteiger partial charge in [-0.25, -0.2) is 0 Å². The first kappa shape index (κ1) is 11.3. The zero-order chi connectivity index (χ0) is 12.4. The molecule has 1 aliphatic rings. The summed E-state index contributed by atoms with van der Waals surface area (Å²) in [5.41, 5.74) is 0.678. The van der Waals surface area contributed by atoms with Gasteiger partial charge in [0.1, 0.15) is 5.75 Å². The molecule has 1 aliphatic heterocycles. The zero-order valence-corrected chi connectivity index (χ0v) is 9.14. The predicted octanol–water partition coefficient (Wildman–Crippen LogP) is 1.17. The van der Waals surface area contributed by atoms with E-state index in [1.807, 2.05) is 0 Å². The Morgan fingerprint density at radius 1 is 1.29 bits per heavy atom. The summed E-state index contributed by atoms with van der Waals surface area (Å²) in [4.78, 5) is 33.0. The van der Waals surface area contributed by atoms with Crippen molar-refractivity contribution in [1.29, 1.82) is 0 Å². The van der Waals surface area contributed by atoms with Gasteiger partial charge in [0.25, 0.3) is 0 Å². The maximum atomic E-state index is 11.3. The normalized spacial score (nSPS) is 19.0. The number of benzene rings is 1. The molecule has 1 saturated heterocycles. The Kier molecular flexibility index (Phi) is 2.91. The molecule has 0 aliphatic carbocycles. The number of cyclic esters (lactones) is 2. The van der Waals surface area contributed by atoms with Crippen molar-refractivity contribution in [3.05, 3.63) is 29.8 Å². The van der Waals surface area contributed by atoms with Gasteiger partial charge in [-0.3, -0.25) is 14.4 Å². The highest BCUT2D eigenvalue weighted by Crippen LogP contribution is 2.28. The minimum absolute atomic E-state index is 0.0613. The SMILES string of the molecule is CC(=O)Oc1ccc(C2CC(=O)OC2=O)cc1. The third-order valence-electron chi connectivity index (χ3n) is 2.41. The lowest BCUT2D eigenvalue weighted by Crippen LogP contribution is -2.06. The van der Waals surface area contributed by atoms with E-state index < -0.39 is 23.8 Å². The highest BCUT2D eigenvalue weighted by atomic mass is 16.6. The van der Waals surface area contributed by atoms with E-state index in [4.69, 9.17) is 4.74 Å². The van der Waals surface area contributed by atoms with E-state index in [0.717, 1.165) is 0 Å². The summed E-state index contributed by atoms with van der Waals surface area (Å²) in [5, 5.41) is 0. The lowest BCUT2D eigenvalue weighted by Gasteiger charge is -2.06. The van der Waals surface area contributed by atoms with E-state index in [-0.39, 0.29) is 6.42 Å². The second kappa shape index (κ2) is 4.37. The van der Waals surface area contributed by atoms with Gasteiger partial charge >= 0.3 is 17.9 Å².